The molecular formula is C19H24N2O2S. The molecule has 1 saturated heterocycles. The molecule has 1 N–H and O–H groups in total. The Kier molecular flexibility index (Phi) is 5.63. The second kappa shape index (κ2) is 7.90. The molecule has 1 heterocycles. The van der Waals surface area contributed by atoms with Crippen LogP contribution in [0.3, 0.4) is 0 Å². The van der Waals surface area contributed by atoms with Crippen LogP contribution < -0.4 is 4.90 Å². The highest BCUT2D eigenvalue weighted by molar-refractivity contribution is 7.98. The van der Waals surface area contributed by atoms with Gasteiger partial charge in [-0.15, -0.1) is 0 Å². The fourth-order valence-electron chi connectivity index (χ4n) is 3.12. The summed E-state index contributed by atoms with van der Waals surface area (Å²) in [4.78, 5) is 16.4. The van der Waals surface area contributed by atoms with E-state index in [0.29, 0.717) is 19.5 Å². The van der Waals surface area contributed by atoms with Crippen molar-refractivity contribution < 1.29 is 9.90 Å². The van der Waals surface area contributed by atoms with Crippen molar-refractivity contribution in [3.05, 3.63) is 42.5 Å². The molecule has 1 amide bonds. The molecule has 0 bridgehead atoms. The Balaban J connectivity index is 1.60. The second-order valence-corrected chi connectivity index (χ2v) is 7.13. The van der Waals surface area contributed by atoms with Gasteiger partial charge in [0.15, 0.2) is 0 Å². The molecule has 24 heavy (non-hydrogen) atoms. The van der Waals surface area contributed by atoms with Crippen LogP contribution in [0.2, 0.25) is 0 Å². The molecule has 3 rings (SSSR count). The Morgan fingerprint density at radius 1 is 1.12 bits per heavy atom. The number of carbonyl (C=O) groups is 1. The molecule has 0 aromatic heterocycles. The van der Waals surface area contributed by atoms with Gasteiger partial charge in [0.1, 0.15) is 6.10 Å². The maximum atomic E-state index is 12.3. The van der Waals surface area contributed by atoms with Gasteiger partial charge in [-0.1, -0.05) is 30.3 Å². The number of carbonyl (C=O) groups excluding carboxylic acids is 1. The average Bonchev–Trinajstić information content (AvgIpc) is 2.65. The largest absolute Gasteiger partial charge is 0.383 e. The first-order valence-corrected chi connectivity index (χ1v) is 9.78. The predicted molar refractivity (Wildman–Crippen MR) is 102 cm³/mol. The third-order valence-electron chi connectivity index (χ3n) is 4.57. The van der Waals surface area contributed by atoms with E-state index in [4.69, 9.17) is 0 Å². The lowest BCUT2D eigenvalue weighted by Crippen LogP contribution is -2.51. The van der Waals surface area contributed by atoms with Crippen molar-refractivity contribution in [2.45, 2.75) is 12.5 Å². The SMILES string of the molecule is CSCCC(O)C(=O)N1CCN(c2ccc3ccccc3c2)CC1. The molecule has 0 spiro atoms. The zero-order valence-electron chi connectivity index (χ0n) is 14.0. The van der Waals surface area contributed by atoms with E-state index in [0.717, 1.165) is 18.8 Å². The summed E-state index contributed by atoms with van der Waals surface area (Å²) in [5.74, 6) is 0.687. The summed E-state index contributed by atoms with van der Waals surface area (Å²) in [7, 11) is 0. The molecule has 1 unspecified atom stereocenters. The number of hydrogen-bond donors (Lipinski definition) is 1. The van der Waals surface area contributed by atoms with Gasteiger partial charge in [0.25, 0.3) is 5.91 Å². The van der Waals surface area contributed by atoms with Crippen LogP contribution in [0.1, 0.15) is 6.42 Å². The van der Waals surface area contributed by atoms with Crippen molar-refractivity contribution in [3.63, 3.8) is 0 Å². The lowest BCUT2D eigenvalue weighted by molar-refractivity contribution is -0.140. The number of aliphatic hydroxyl groups excluding tert-OH is 1. The van der Waals surface area contributed by atoms with Gasteiger partial charge in [-0.05, 0) is 41.3 Å². The monoisotopic (exact) mass is 344 g/mol. The van der Waals surface area contributed by atoms with Crippen molar-refractivity contribution in [1.29, 1.82) is 0 Å². The van der Waals surface area contributed by atoms with Gasteiger partial charge in [0.05, 0.1) is 0 Å². The average molecular weight is 344 g/mol. The summed E-state index contributed by atoms with van der Waals surface area (Å²) >= 11 is 1.65. The molecule has 2 aromatic carbocycles. The Morgan fingerprint density at radius 3 is 2.54 bits per heavy atom. The third kappa shape index (κ3) is 3.84. The van der Waals surface area contributed by atoms with E-state index in [1.54, 1.807) is 16.7 Å². The van der Waals surface area contributed by atoms with Crippen molar-refractivity contribution in [1.82, 2.24) is 4.90 Å². The highest BCUT2D eigenvalue weighted by atomic mass is 32.2. The third-order valence-corrected chi connectivity index (χ3v) is 5.21. The van der Waals surface area contributed by atoms with Crippen LogP contribution in [-0.4, -0.2) is 60.2 Å². The summed E-state index contributed by atoms with van der Waals surface area (Å²) in [5.41, 5.74) is 1.20. The van der Waals surface area contributed by atoms with Crippen LogP contribution in [-0.2, 0) is 4.79 Å². The van der Waals surface area contributed by atoms with E-state index in [1.165, 1.54) is 16.5 Å². The van der Waals surface area contributed by atoms with Gasteiger partial charge < -0.3 is 14.9 Å². The van der Waals surface area contributed by atoms with Crippen LogP contribution in [0.4, 0.5) is 5.69 Å². The fraction of sp³-hybridized carbons (Fsp3) is 0.421. The number of thioether (sulfide) groups is 1. The molecule has 128 valence electrons. The standard InChI is InChI=1S/C19H24N2O2S/c1-24-13-8-18(22)19(23)21-11-9-20(10-12-21)17-7-6-15-4-2-3-5-16(15)14-17/h2-7,14,18,22H,8-13H2,1H3. The van der Waals surface area contributed by atoms with Gasteiger partial charge in [0, 0.05) is 31.9 Å². The number of hydrogen-bond acceptors (Lipinski definition) is 4. The molecule has 1 aliphatic heterocycles. The zero-order chi connectivity index (χ0) is 16.9. The van der Waals surface area contributed by atoms with E-state index in [9.17, 15) is 9.90 Å². The van der Waals surface area contributed by atoms with Gasteiger partial charge in [0.2, 0.25) is 0 Å². The van der Waals surface area contributed by atoms with Crippen molar-refractivity contribution in [2.24, 2.45) is 0 Å². The smallest absolute Gasteiger partial charge is 0.251 e. The number of aliphatic hydroxyl groups is 1. The van der Waals surface area contributed by atoms with Crippen LogP contribution in [0, 0.1) is 0 Å². The first-order valence-electron chi connectivity index (χ1n) is 8.38. The zero-order valence-corrected chi connectivity index (χ0v) is 14.8. The lowest BCUT2D eigenvalue weighted by atomic mass is 10.1. The maximum absolute atomic E-state index is 12.3. The number of fused-ring (bicyclic) bond motifs is 1. The fourth-order valence-corrected chi connectivity index (χ4v) is 3.58. The number of rotatable bonds is 5. The van der Waals surface area contributed by atoms with Gasteiger partial charge in [-0.2, -0.15) is 11.8 Å². The minimum Gasteiger partial charge on any atom is -0.383 e. The molecule has 4 nitrogen and oxygen atoms in total. The van der Waals surface area contributed by atoms with Crippen molar-refractivity contribution in [3.8, 4) is 0 Å². The molecule has 0 saturated carbocycles. The quantitative estimate of drug-likeness (QED) is 0.905. The van der Waals surface area contributed by atoms with Crippen LogP contribution in [0.5, 0.6) is 0 Å². The minimum absolute atomic E-state index is 0.123. The summed E-state index contributed by atoms with van der Waals surface area (Å²) < 4.78 is 0. The van der Waals surface area contributed by atoms with E-state index >= 15 is 0 Å². The highest BCUT2D eigenvalue weighted by Gasteiger charge is 2.25. The first kappa shape index (κ1) is 17.1. The lowest BCUT2D eigenvalue weighted by Gasteiger charge is -2.37. The van der Waals surface area contributed by atoms with Gasteiger partial charge >= 0.3 is 0 Å². The van der Waals surface area contributed by atoms with E-state index in [1.807, 2.05) is 6.26 Å². The number of anilines is 1. The second-order valence-electron chi connectivity index (χ2n) is 6.14. The molecule has 0 radical (unpaired) electrons. The van der Waals surface area contributed by atoms with E-state index in [2.05, 4.69) is 47.4 Å². The summed E-state index contributed by atoms with van der Waals surface area (Å²) in [6, 6.07) is 14.8. The maximum Gasteiger partial charge on any atom is 0.251 e. The van der Waals surface area contributed by atoms with Gasteiger partial charge in [-0.3, -0.25) is 4.79 Å². The number of piperazine rings is 1. The van der Waals surface area contributed by atoms with Gasteiger partial charge in [-0.25, -0.2) is 0 Å². The van der Waals surface area contributed by atoms with Crippen molar-refractivity contribution in [2.75, 3.05) is 43.1 Å². The highest BCUT2D eigenvalue weighted by Crippen LogP contribution is 2.23. The number of amides is 1. The van der Waals surface area contributed by atoms with Crippen LogP contribution in [0.25, 0.3) is 10.8 Å². The Hall–Kier alpha value is -1.72. The van der Waals surface area contributed by atoms with Crippen molar-refractivity contribution >= 4 is 34.1 Å². The Morgan fingerprint density at radius 2 is 1.83 bits per heavy atom. The van der Waals surface area contributed by atoms with Crippen LogP contribution >= 0.6 is 11.8 Å². The summed E-state index contributed by atoms with van der Waals surface area (Å²) in [6.45, 7) is 2.95. The summed E-state index contributed by atoms with van der Waals surface area (Å²) in [6.07, 6.45) is 1.66. The topological polar surface area (TPSA) is 43.8 Å². The molecular weight excluding hydrogens is 320 g/mol. The van der Waals surface area contributed by atoms with E-state index < -0.39 is 6.10 Å². The molecule has 1 fully saturated rings. The number of nitrogens with zero attached hydrogens (tertiary/aromatic N) is 2. The normalized spacial score (nSPS) is 16.4. The molecule has 5 heteroatoms. The summed E-state index contributed by atoms with van der Waals surface area (Å²) in [5, 5.41) is 12.5. The van der Waals surface area contributed by atoms with Crippen LogP contribution in [0.15, 0.2) is 42.5 Å². The Bertz CT molecular complexity index is 699. The molecule has 0 aliphatic carbocycles. The Labute approximate surface area is 147 Å². The minimum atomic E-state index is -0.857. The number of benzene rings is 2. The molecule has 2 aromatic rings. The molecule has 1 aliphatic rings. The van der Waals surface area contributed by atoms with E-state index in [-0.39, 0.29) is 5.91 Å². The molecule has 1 atom stereocenters. The first-order chi connectivity index (χ1) is 11.7. The predicted octanol–water partition coefficient (Wildman–Crippen LogP) is 2.60.